The van der Waals surface area contributed by atoms with E-state index in [1.165, 1.54) is 24.3 Å². The zero-order valence-electron chi connectivity index (χ0n) is 19.1. The molecule has 0 aliphatic carbocycles. The van der Waals surface area contributed by atoms with Crippen LogP contribution in [0, 0.1) is 11.6 Å². The molecule has 5 heteroatoms. The normalized spacial score (nSPS) is 15.1. The quantitative estimate of drug-likeness (QED) is 0.285. The van der Waals surface area contributed by atoms with Gasteiger partial charge >= 0.3 is 0 Å². The van der Waals surface area contributed by atoms with Gasteiger partial charge in [0, 0.05) is 35.6 Å². The molecule has 4 aromatic carbocycles. The van der Waals surface area contributed by atoms with Crippen LogP contribution in [-0.2, 0) is 13.6 Å². The van der Waals surface area contributed by atoms with Crippen molar-refractivity contribution in [3.8, 4) is 11.3 Å². The molecular weight excluding hydrogens is 442 g/mol. The highest BCUT2D eigenvalue weighted by atomic mass is 19.1. The van der Waals surface area contributed by atoms with Gasteiger partial charge in [0.15, 0.2) is 0 Å². The van der Waals surface area contributed by atoms with Crippen LogP contribution in [0.5, 0.6) is 0 Å². The first kappa shape index (κ1) is 21.3. The summed E-state index contributed by atoms with van der Waals surface area (Å²) in [6.45, 7) is 0.338. The molecule has 1 unspecified atom stereocenters. The van der Waals surface area contributed by atoms with E-state index in [-0.39, 0.29) is 23.6 Å². The zero-order chi connectivity index (χ0) is 24.1. The van der Waals surface area contributed by atoms with Crippen LogP contribution in [0.25, 0.3) is 22.2 Å². The summed E-state index contributed by atoms with van der Waals surface area (Å²) in [6.07, 6.45) is 0. The molecule has 35 heavy (non-hydrogen) atoms. The largest absolute Gasteiger partial charge is 0.343 e. The highest BCUT2D eigenvalue weighted by Crippen LogP contribution is 2.47. The number of fused-ring (bicyclic) bond motifs is 2. The number of aromatic nitrogens is 1. The predicted molar refractivity (Wildman–Crippen MR) is 133 cm³/mol. The van der Waals surface area contributed by atoms with Crippen molar-refractivity contribution in [2.45, 2.75) is 12.6 Å². The van der Waals surface area contributed by atoms with Crippen molar-refractivity contribution in [2.24, 2.45) is 7.05 Å². The summed E-state index contributed by atoms with van der Waals surface area (Å²) in [5, 5.41) is 1.04. The third-order valence-corrected chi connectivity index (χ3v) is 6.86. The van der Waals surface area contributed by atoms with Gasteiger partial charge in [0.1, 0.15) is 11.6 Å². The van der Waals surface area contributed by atoms with E-state index in [1.54, 1.807) is 24.3 Å². The van der Waals surface area contributed by atoms with Crippen LogP contribution in [-0.4, -0.2) is 15.4 Å². The fourth-order valence-corrected chi connectivity index (χ4v) is 5.29. The molecule has 0 N–H and O–H groups in total. The second-order valence-electron chi connectivity index (χ2n) is 8.89. The smallest absolute Gasteiger partial charge is 0.255 e. The van der Waals surface area contributed by atoms with Crippen LogP contribution >= 0.6 is 0 Å². The predicted octanol–water partition coefficient (Wildman–Crippen LogP) is 6.87. The highest BCUT2D eigenvalue weighted by Gasteiger charge is 2.40. The van der Waals surface area contributed by atoms with Gasteiger partial charge in [-0.05, 0) is 65.2 Å². The first-order valence-electron chi connectivity index (χ1n) is 11.5. The van der Waals surface area contributed by atoms with E-state index in [9.17, 15) is 13.6 Å². The number of para-hydroxylation sites is 1. The van der Waals surface area contributed by atoms with Gasteiger partial charge in [-0.25, -0.2) is 8.78 Å². The number of amides is 1. The average Bonchev–Trinajstić information content (AvgIpc) is 3.32. The first-order valence-corrected chi connectivity index (χ1v) is 11.5. The molecule has 0 fully saturated rings. The Labute approximate surface area is 201 Å². The van der Waals surface area contributed by atoms with E-state index < -0.39 is 0 Å². The lowest BCUT2D eigenvalue weighted by Gasteiger charge is -2.27. The maximum absolute atomic E-state index is 13.8. The van der Waals surface area contributed by atoms with E-state index in [0.717, 1.165) is 38.9 Å². The van der Waals surface area contributed by atoms with Gasteiger partial charge in [0.05, 0.1) is 11.7 Å². The van der Waals surface area contributed by atoms with Crippen molar-refractivity contribution in [3.05, 3.63) is 131 Å². The third kappa shape index (κ3) is 3.43. The van der Waals surface area contributed by atoms with Gasteiger partial charge < -0.3 is 9.47 Å². The lowest BCUT2D eigenvalue weighted by Crippen LogP contribution is -2.28. The first-order chi connectivity index (χ1) is 17.0. The van der Waals surface area contributed by atoms with Crippen LogP contribution in [0.15, 0.2) is 97.1 Å². The fraction of sp³-hybridized carbons (Fsp3) is 0.100. The van der Waals surface area contributed by atoms with Crippen LogP contribution in [0.3, 0.4) is 0 Å². The number of hydrogen-bond donors (Lipinski definition) is 0. The Morgan fingerprint density at radius 2 is 1.40 bits per heavy atom. The van der Waals surface area contributed by atoms with E-state index in [1.807, 2.05) is 48.3 Å². The number of carbonyl (C=O) groups excluding carboxylic acids is 1. The Morgan fingerprint density at radius 1 is 0.771 bits per heavy atom. The fourth-order valence-electron chi connectivity index (χ4n) is 5.29. The van der Waals surface area contributed by atoms with Crippen LogP contribution in [0.1, 0.15) is 33.1 Å². The molecule has 0 radical (unpaired) electrons. The van der Waals surface area contributed by atoms with Crippen molar-refractivity contribution < 1.29 is 13.6 Å². The zero-order valence-corrected chi connectivity index (χ0v) is 19.1. The van der Waals surface area contributed by atoms with Gasteiger partial charge in [-0.1, -0.05) is 48.5 Å². The summed E-state index contributed by atoms with van der Waals surface area (Å²) < 4.78 is 29.5. The molecule has 0 bridgehead atoms. The van der Waals surface area contributed by atoms with Crippen LogP contribution in [0.2, 0.25) is 0 Å². The Hall–Kier alpha value is -4.25. The molecule has 0 saturated heterocycles. The van der Waals surface area contributed by atoms with Crippen molar-refractivity contribution in [1.29, 1.82) is 0 Å². The second kappa shape index (κ2) is 8.20. The van der Waals surface area contributed by atoms with E-state index >= 15 is 0 Å². The van der Waals surface area contributed by atoms with E-state index in [4.69, 9.17) is 0 Å². The average molecular weight is 465 g/mol. The lowest BCUT2D eigenvalue weighted by atomic mass is 9.93. The summed E-state index contributed by atoms with van der Waals surface area (Å²) in [6, 6.07) is 28.2. The van der Waals surface area contributed by atoms with Gasteiger partial charge in [0.25, 0.3) is 5.91 Å². The van der Waals surface area contributed by atoms with Crippen molar-refractivity contribution in [1.82, 2.24) is 9.47 Å². The Balaban J connectivity index is 1.61. The standard InChI is InChI=1S/C30H22F2N2O/c1-33-26-9-5-4-8-25(26)27(28(33)20-12-16-22(32)17-13-20)29-23-6-2-3-7-24(23)30(35)34(29)18-19-10-14-21(31)15-11-19/h2-17,29H,18H2,1H3. The highest BCUT2D eigenvalue weighted by molar-refractivity contribution is 6.02. The van der Waals surface area contributed by atoms with Gasteiger partial charge in [-0.3, -0.25) is 4.79 Å². The topological polar surface area (TPSA) is 25.2 Å². The number of aryl methyl sites for hydroxylation is 1. The number of carbonyl (C=O) groups is 1. The molecule has 0 saturated carbocycles. The molecule has 172 valence electrons. The maximum atomic E-state index is 13.8. The second-order valence-corrected chi connectivity index (χ2v) is 8.89. The molecular formula is C30H22F2N2O. The van der Waals surface area contributed by atoms with Gasteiger partial charge in [-0.15, -0.1) is 0 Å². The van der Waals surface area contributed by atoms with E-state index in [2.05, 4.69) is 16.7 Å². The van der Waals surface area contributed by atoms with Gasteiger partial charge in [0.2, 0.25) is 0 Å². The molecule has 1 aromatic heterocycles. The number of nitrogens with zero attached hydrogens (tertiary/aromatic N) is 2. The molecule has 3 nitrogen and oxygen atoms in total. The molecule has 0 spiro atoms. The van der Waals surface area contributed by atoms with Crippen molar-refractivity contribution >= 4 is 16.8 Å². The molecule has 5 aromatic rings. The molecule has 1 amide bonds. The molecule has 1 aliphatic rings. The minimum atomic E-state index is -0.352. The number of benzene rings is 4. The number of rotatable bonds is 4. The van der Waals surface area contributed by atoms with Gasteiger partial charge in [-0.2, -0.15) is 0 Å². The molecule has 1 aliphatic heterocycles. The molecule has 2 heterocycles. The minimum absolute atomic E-state index is 0.0621. The summed E-state index contributed by atoms with van der Waals surface area (Å²) in [5.41, 5.74) is 6.28. The Morgan fingerprint density at radius 3 is 2.14 bits per heavy atom. The summed E-state index contributed by atoms with van der Waals surface area (Å²) in [4.78, 5) is 15.5. The summed E-state index contributed by atoms with van der Waals surface area (Å²) in [7, 11) is 2.00. The summed E-state index contributed by atoms with van der Waals surface area (Å²) in [5.74, 6) is -0.671. The Kier molecular flexibility index (Phi) is 4.99. The van der Waals surface area contributed by atoms with Crippen molar-refractivity contribution in [2.75, 3.05) is 0 Å². The van der Waals surface area contributed by atoms with Crippen LogP contribution in [0.4, 0.5) is 8.78 Å². The number of hydrogen-bond acceptors (Lipinski definition) is 1. The maximum Gasteiger partial charge on any atom is 0.255 e. The van der Waals surface area contributed by atoms with Crippen molar-refractivity contribution in [3.63, 3.8) is 0 Å². The number of halogens is 2. The SMILES string of the molecule is Cn1c(-c2ccc(F)cc2)c(C2c3ccccc3C(=O)N2Cc2ccc(F)cc2)c2ccccc21. The molecule has 6 rings (SSSR count). The molecule has 1 atom stereocenters. The third-order valence-electron chi connectivity index (χ3n) is 6.86. The van der Waals surface area contributed by atoms with E-state index in [0.29, 0.717) is 12.1 Å². The monoisotopic (exact) mass is 464 g/mol. The lowest BCUT2D eigenvalue weighted by molar-refractivity contribution is 0.0737. The summed E-state index contributed by atoms with van der Waals surface area (Å²) >= 11 is 0. The minimum Gasteiger partial charge on any atom is -0.343 e. The van der Waals surface area contributed by atoms with Crippen LogP contribution < -0.4 is 0 Å². The Bertz CT molecular complexity index is 1570.